The van der Waals surface area contributed by atoms with E-state index in [-0.39, 0.29) is 5.41 Å². The van der Waals surface area contributed by atoms with Gasteiger partial charge in [-0.25, -0.2) is 4.99 Å². The van der Waals surface area contributed by atoms with Crippen molar-refractivity contribution in [2.75, 3.05) is 0 Å². The summed E-state index contributed by atoms with van der Waals surface area (Å²) in [6, 6.07) is 7.18. The van der Waals surface area contributed by atoms with Gasteiger partial charge >= 0.3 is 0 Å². The highest BCUT2D eigenvalue weighted by Gasteiger charge is 2.47. The molecule has 2 nitrogen and oxygen atoms in total. The maximum Gasteiger partial charge on any atom is 0.135 e. The fourth-order valence-corrected chi connectivity index (χ4v) is 11.0. The highest BCUT2D eigenvalue weighted by Crippen LogP contribution is 2.57. The molecule has 8 aliphatic rings. The van der Waals surface area contributed by atoms with Crippen molar-refractivity contribution in [3.63, 3.8) is 0 Å². The van der Waals surface area contributed by atoms with E-state index in [0.717, 1.165) is 70.0 Å². The Morgan fingerprint density at radius 2 is 1.70 bits per heavy atom. The van der Waals surface area contributed by atoms with E-state index in [1.807, 2.05) is 0 Å². The first-order valence-electron chi connectivity index (χ1n) is 21.1. The topological polar surface area (TPSA) is 15.6 Å². The van der Waals surface area contributed by atoms with Gasteiger partial charge in [-0.15, -0.1) is 0 Å². The van der Waals surface area contributed by atoms with Gasteiger partial charge in [0.2, 0.25) is 0 Å². The van der Waals surface area contributed by atoms with Crippen molar-refractivity contribution in [2.24, 2.45) is 22.7 Å². The molecule has 1 heterocycles. The lowest BCUT2D eigenvalue weighted by Crippen LogP contribution is -2.27. The first-order chi connectivity index (χ1) is 26.4. The van der Waals surface area contributed by atoms with E-state index in [9.17, 15) is 0 Å². The fraction of sp³-hybridized carbons (Fsp3) is 0.404. The van der Waals surface area contributed by atoms with Gasteiger partial charge in [-0.1, -0.05) is 117 Å². The molecule has 7 aliphatic carbocycles. The van der Waals surface area contributed by atoms with Gasteiger partial charge in [-0.05, 0) is 164 Å². The summed E-state index contributed by atoms with van der Waals surface area (Å²) in [6.07, 6.45) is 49.1. The lowest BCUT2D eigenvalue weighted by Gasteiger charge is -2.34. The van der Waals surface area contributed by atoms with Crippen LogP contribution >= 0.6 is 0 Å². The standard InChI is InChI=1S/C52H58N2/c1-35(2)51(53-47(38-21-12-7-13-22-38)31-27-36-17-8-5-9-18-36)54-48-32-29-39(37-19-10-6-11-20-37)33-45(48)43-30-28-40(34-49(43)54)41-24-16-25-44-42-23-14-15-26-46(42)52(3,4)50(41)44/h5-10,12,14,16-17,19,21,23-25,28,33-34,36,42-43,46H,11,13,15,18,20,22,26-27,29-32H2,1-4H3. The lowest BCUT2D eigenvalue weighted by atomic mass is 9.70. The minimum absolute atomic E-state index is 0.139. The van der Waals surface area contributed by atoms with E-state index in [0.29, 0.717) is 23.7 Å². The summed E-state index contributed by atoms with van der Waals surface area (Å²) in [5.74, 6) is 3.27. The lowest BCUT2D eigenvalue weighted by molar-refractivity contribution is 0.300. The highest BCUT2D eigenvalue weighted by atomic mass is 15.3. The van der Waals surface area contributed by atoms with Crippen LogP contribution < -0.4 is 0 Å². The van der Waals surface area contributed by atoms with Gasteiger partial charge in [-0.3, -0.25) is 0 Å². The molecule has 1 aromatic rings. The van der Waals surface area contributed by atoms with Crippen LogP contribution in [0.3, 0.4) is 0 Å². The quantitative estimate of drug-likeness (QED) is 0.194. The van der Waals surface area contributed by atoms with Crippen LogP contribution in [0.15, 0.2) is 159 Å². The van der Waals surface area contributed by atoms with E-state index in [1.165, 1.54) is 63.4 Å². The average molecular weight is 711 g/mol. The minimum atomic E-state index is 0.139. The molecule has 0 N–H and O–H groups in total. The van der Waals surface area contributed by atoms with Gasteiger partial charge in [0.1, 0.15) is 5.82 Å². The van der Waals surface area contributed by atoms with Crippen LogP contribution in [0, 0.1) is 17.8 Å². The molecule has 0 bridgehead atoms. The Balaban J connectivity index is 1.16. The minimum Gasteiger partial charge on any atom is -0.302 e. The normalized spacial score (nSPS) is 27.7. The molecular weight excluding hydrogens is 653 g/mol. The average Bonchev–Trinajstić information content (AvgIpc) is 3.66. The Kier molecular flexibility index (Phi) is 9.58. The first-order valence-corrected chi connectivity index (χ1v) is 21.1. The Morgan fingerprint density at radius 3 is 2.48 bits per heavy atom. The SMILES string of the molecule is CC(C)=C(N=C(CCC1C=CC=CC1)C1=CC=CCC1)N1C2=CC(c3cccc4c3C(C)(C)C3CCC=CC43)=CCC2C2=C1CCC(C1=CC=CCC1)=C2. The van der Waals surface area contributed by atoms with E-state index in [1.54, 1.807) is 16.7 Å². The molecule has 0 aromatic heterocycles. The Bertz CT molecular complexity index is 2130. The molecule has 0 amide bonds. The van der Waals surface area contributed by atoms with Crippen molar-refractivity contribution in [1.29, 1.82) is 0 Å². The Labute approximate surface area is 325 Å². The molecule has 9 rings (SSSR count). The monoisotopic (exact) mass is 710 g/mol. The zero-order valence-electron chi connectivity index (χ0n) is 33.1. The van der Waals surface area contributed by atoms with E-state index in [2.05, 4.69) is 142 Å². The van der Waals surface area contributed by atoms with Gasteiger partial charge in [0.15, 0.2) is 0 Å². The molecule has 0 saturated heterocycles. The molecular formula is C52H58N2. The van der Waals surface area contributed by atoms with E-state index >= 15 is 0 Å². The largest absolute Gasteiger partial charge is 0.302 e. The van der Waals surface area contributed by atoms with Crippen LogP contribution in [-0.4, -0.2) is 10.6 Å². The van der Waals surface area contributed by atoms with Crippen molar-refractivity contribution >= 4 is 11.3 Å². The number of rotatable bonds is 8. The maximum atomic E-state index is 5.82. The molecule has 0 spiro atoms. The third-order valence-electron chi connectivity index (χ3n) is 13.7. The number of nitrogens with zero attached hydrogens (tertiary/aromatic N) is 2. The number of hydrogen-bond donors (Lipinski definition) is 0. The second kappa shape index (κ2) is 14.7. The van der Waals surface area contributed by atoms with Gasteiger partial charge in [-0.2, -0.15) is 0 Å². The molecule has 4 atom stereocenters. The maximum absolute atomic E-state index is 5.82. The number of hydrogen-bond acceptors (Lipinski definition) is 2. The first kappa shape index (κ1) is 35.3. The second-order valence-electron chi connectivity index (χ2n) is 17.6. The van der Waals surface area contributed by atoms with Crippen LogP contribution in [-0.2, 0) is 5.41 Å². The number of allylic oxidation sites excluding steroid dienone is 22. The highest BCUT2D eigenvalue weighted by molar-refractivity contribution is 6.01. The predicted molar refractivity (Wildman–Crippen MR) is 229 cm³/mol. The van der Waals surface area contributed by atoms with Gasteiger partial charge in [0.05, 0.1) is 0 Å². The summed E-state index contributed by atoms with van der Waals surface area (Å²) in [6.45, 7) is 9.63. The van der Waals surface area contributed by atoms with Gasteiger partial charge < -0.3 is 4.90 Å². The summed E-state index contributed by atoms with van der Waals surface area (Å²) >= 11 is 0. The van der Waals surface area contributed by atoms with Gasteiger partial charge in [0.25, 0.3) is 0 Å². The molecule has 1 aromatic carbocycles. The second-order valence-corrected chi connectivity index (χ2v) is 17.6. The summed E-state index contributed by atoms with van der Waals surface area (Å²) in [5.41, 5.74) is 17.6. The van der Waals surface area contributed by atoms with Crippen LogP contribution in [0.2, 0.25) is 0 Å². The van der Waals surface area contributed by atoms with Crippen LogP contribution in [0.1, 0.15) is 127 Å². The number of fused-ring (bicyclic) bond motifs is 5. The molecule has 0 radical (unpaired) electrons. The smallest absolute Gasteiger partial charge is 0.135 e. The zero-order valence-corrected chi connectivity index (χ0v) is 33.1. The molecule has 276 valence electrons. The fourth-order valence-electron chi connectivity index (χ4n) is 11.0. The molecule has 54 heavy (non-hydrogen) atoms. The molecule has 2 heteroatoms. The van der Waals surface area contributed by atoms with Crippen molar-refractivity contribution < 1.29 is 0 Å². The summed E-state index contributed by atoms with van der Waals surface area (Å²) in [5, 5.41) is 0. The predicted octanol–water partition coefficient (Wildman–Crippen LogP) is 13.8. The molecule has 1 aliphatic heterocycles. The van der Waals surface area contributed by atoms with E-state index in [4.69, 9.17) is 4.99 Å². The summed E-state index contributed by atoms with van der Waals surface area (Å²) in [7, 11) is 0. The Morgan fingerprint density at radius 1 is 0.833 bits per heavy atom. The molecule has 0 saturated carbocycles. The number of benzene rings is 1. The summed E-state index contributed by atoms with van der Waals surface area (Å²) in [4.78, 5) is 8.48. The van der Waals surface area contributed by atoms with Crippen molar-refractivity contribution in [3.8, 4) is 0 Å². The molecule has 4 unspecified atom stereocenters. The summed E-state index contributed by atoms with van der Waals surface area (Å²) < 4.78 is 0. The third kappa shape index (κ3) is 6.34. The van der Waals surface area contributed by atoms with Crippen LogP contribution in [0.4, 0.5) is 0 Å². The van der Waals surface area contributed by atoms with Crippen LogP contribution in [0.5, 0.6) is 0 Å². The third-order valence-corrected chi connectivity index (χ3v) is 13.7. The van der Waals surface area contributed by atoms with Crippen molar-refractivity contribution in [2.45, 2.75) is 116 Å². The van der Waals surface area contributed by atoms with Crippen molar-refractivity contribution in [3.05, 3.63) is 171 Å². The van der Waals surface area contributed by atoms with Gasteiger partial charge in [0, 0.05) is 28.9 Å². The van der Waals surface area contributed by atoms with Crippen LogP contribution in [0.25, 0.3) is 5.57 Å². The zero-order chi connectivity index (χ0) is 36.8. The molecule has 0 fully saturated rings. The number of aliphatic imine (C=N–C) groups is 1. The van der Waals surface area contributed by atoms with E-state index < -0.39 is 0 Å². The van der Waals surface area contributed by atoms with Crippen molar-refractivity contribution in [1.82, 2.24) is 4.90 Å². The Hall–Kier alpha value is -4.43.